The maximum absolute atomic E-state index is 12.7. The molecule has 5 rings (SSSR count). The van der Waals surface area contributed by atoms with Crippen molar-refractivity contribution in [2.75, 3.05) is 12.4 Å². The third-order valence-corrected chi connectivity index (χ3v) is 5.33. The highest BCUT2D eigenvalue weighted by atomic mass is 16.5. The van der Waals surface area contributed by atoms with Crippen LogP contribution in [0.2, 0.25) is 0 Å². The number of amides is 1. The number of nitrogens with zero attached hydrogens (tertiary/aromatic N) is 3. The molecule has 1 amide bonds. The van der Waals surface area contributed by atoms with Crippen LogP contribution in [0.15, 0.2) is 48.8 Å². The summed E-state index contributed by atoms with van der Waals surface area (Å²) in [5.41, 5.74) is 2.93. The summed E-state index contributed by atoms with van der Waals surface area (Å²) >= 11 is 0. The molecule has 3 heterocycles. The molecule has 0 spiro atoms. The number of aromatic nitrogens is 4. The van der Waals surface area contributed by atoms with E-state index in [-0.39, 0.29) is 18.1 Å². The lowest BCUT2D eigenvalue weighted by Gasteiger charge is -2.34. The summed E-state index contributed by atoms with van der Waals surface area (Å²) < 4.78 is 5.27. The lowest BCUT2D eigenvalue weighted by atomic mass is 9.89. The number of anilines is 2. The van der Waals surface area contributed by atoms with Gasteiger partial charge in [0.1, 0.15) is 11.2 Å². The molecule has 0 atom stereocenters. The molecule has 8 nitrogen and oxygen atoms in total. The van der Waals surface area contributed by atoms with Gasteiger partial charge in [0.15, 0.2) is 5.82 Å². The lowest BCUT2D eigenvalue weighted by Crippen LogP contribution is -2.47. The average Bonchev–Trinajstić information content (AvgIpc) is 3.12. The van der Waals surface area contributed by atoms with Crippen molar-refractivity contribution in [3.05, 3.63) is 54.5 Å². The Morgan fingerprint density at radius 2 is 2.07 bits per heavy atom. The Balaban J connectivity index is 1.39. The molecule has 1 aliphatic carbocycles. The first-order chi connectivity index (χ1) is 14.2. The zero-order valence-electron chi connectivity index (χ0n) is 15.8. The molecular formula is C21H20N6O2. The van der Waals surface area contributed by atoms with Crippen LogP contribution < -0.4 is 10.6 Å². The van der Waals surface area contributed by atoms with Gasteiger partial charge in [-0.2, -0.15) is 5.10 Å². The quantitative estimate of drug-likeness (QED) is 0.485. The van der Waals surface area contributed by atoms with E-state index in [9.17, 15) is 4.79 Å². The molecule has 0 saturated heterocycles. The van der Waals surface area contributed by atoms with Crippen molar-refractivity contribution in [2.24, 2.45) is 0 Å². The van der Waals surface area contributed by atoms with E-state index < -0.39 is 0 Å². The van der Waals surface area contributed by atoms with Crippen LogP contribution in [-0.4, -0.2) is 45.3 Å². The molecule has 4 aromatic rings. The van der Waals surface area contributed by atoms with Gasteiger partial charge >= 0.3 is 0 Å². The number of aromatic amines is 1. The van der Waals surface area contributed by atoms with Crippen LogP contribution in [0.3, 0.4) is 0 Å². The van der Waals surface area contributed by atoms with Crippen LogP contribution in [0.4, 0.5) is 11.5 Å². The monoisotopic (exact) mass is 388 g/mol. The largest absolute Gasteiger partial charge is 0.381 e. The summed E-state index contributed by atoms with van der Waals surface area (Å²) in [5.74, 6) is 0.503. The number of pyridine rings is 2. The minimum atomic E-state index is -0.154. The molecule has 146 valence electrons. The maximum Gasteiger partial charge on any atom is 0.270 e. The third-order valence-electron chi connectivity index (χ3n) is 5.33. The summed E-state index contributed by atoms with van der Waals surface area (Å²) in [6.07, 6.45) is 5.31. The number of rotatable bonds is 5. The predicted molar refractivity (Wildman–Crippen MR) is 110 cm³/mol. The Kier molecular flexibility index (Phi) is 4.33. The van der Waals surface area contributed by atoms with E-state index in [0.29, 0.717) is 11.5 Å². The number of carbonyl (C=O) groups excluding carboxylic acids is 1. The molecule has 1 aliphatic rings. The highest BCUT2D eigenvalue weighted by molar-refractivity contribution is 6.06. The van der Waals surface area contributed by atoms with Gasteiger partial charge in [0.05, 0.1) is 11.6 Å². The van der Waals surface area contributed by atoms with Crippen molar-refractivity contribution in [1.29, 1.82) is 0 Å². The Morgan fingerprint density at radius 3 is 2.93 bits per heavy atom. The fourth-order valence-electron chi connectivity index (χ4n) is 3.64. The normalized spacial score (nSPS) is 18.5. The van der Waals surface area contributed by atoms with E-state index in [1.54, 1.807) is 19.5 Å². The number of benzene rings is 1. The van der Waals surface area contributed by atoms with E-state index in [1.807, 2.05) is 36.4 Å². The topological polar surface area (TPSA) is 105 Å². The maximum atomic E-state index is 12.7. The summed E-state index contributed by atoms with van der Waals surface area (Å²) in [6.45, 7) is 0. The molecule has 0 bridgehead atoms. The lowest BCUT2D eigenvalue weighted by molar-refractivity contribution is 0.0175. The minimum Gasteiger partial charge on any atom is -0.381 e. The van der Waals surface area contributed by atoms with Gasteiger partial charge in [-0.15, -0.1) is 0 Å². The smallest absolute Gasteiger partial charge is 0.270 e. The van der Waals surface area contributed by atoms with Crippen LogP contribution in [0, 0.1) is 0 Å². The number of hydrogen-bond acceptors (Lipinski definition) is 6. The first-order valence-electron chi connectivity index (χ1n) is 9.50. The summed E-state index contributed by atoms with van der Waals surface area (Å²) in [5, 5.41) is 15.3. The number of carbonyl (C=O) groups is 1. The zero-order chi connectivity index (χ0) is 19.8. The van der Waals surface area contributed by atoms with Gasteiger partial charge < -0.3 is 15.4 Å². The van der Waals surface area contributed by atoms with Crippen molar-refractivity contribution in [2.45, 2.75) is 25.0 Å². The van der Waals surface area contributed by atoms with Crippen LogP contribution in [0.5, 0.6) is 0 Å². The SMILES string of the molecule is COC1CC(NC(=O)c2nccc3cc(Nc4n[nH]c5cccnc45)ccc23)C1. The fraction of sp³-hybridized carbons (Fsp3) is 0.238. The molecule has 3 N–H and O–H groups in total. The predicted octanol–water partition coefficient (Wildman–Crippen LogP) is 3.16. The molecule has 29 heavy (non-hydrogen) atoms. The molecule has 3 aromatic heterocycles. The van der Waals surface area contributed by atoms with Crippen molar-refractivity contribution in [3.8, 4) is 0 Å². The molecule has 1 saturated carbocycles. The Hall–Kier alpha value is -3.52. The Morgan fingerprint density at radius 1 is 1.17 bits per heavy atom. The van der Waals surface area contributed by atoms with Crippen LogP contribution in [0.25, 0.3) is 21.8 Å². The minimum absolute atomic E-state index is 0.144. The Bertz CT molecular complexity index is 1200. The Labute approximate surface area is 166 Å². The first kappa shape index (κ1) is 17.6. The van der Waals surface area contributed by atoms with E-state index in [1.165, 1.54) is 0 Å². The van der Waals surface area contributed by atoms with E-state index >= 15 is 0 Å². The number of methoxy groups -OCH3 is 1. The zero-order valence-corrected chi connectivity index (χ0v) is 15.8. The number of H-pyrrole nitrogens is 1. The number of nitrogens with one attached hydrogen (secondary N) is 3. The second-order valence-electron chi connectivity index (χ2n) is 7.19. The van der Waals surface area contributed by atoms with E-state index in [4.69, 9.17) is 4.74 Å². The molecule has 0 radical (unpaired) electrons. The summed E-state index contributed by atoms with van der Waals surface area (Å²) in [6, 6.07) is 11.6. The van der Waals surface area contributed by atoms with Crippen molar-refractivity contribution in [3.63, 3.8) is 0 Å². The van der Waals surface area contributed by atoms with Gasteiger partial charge in [0.2, 0.25) is 0 Å². The molecular weight excluding hydrogens is 368 g/mol. The average molecular weight is 388 g/mol. The van der Waals surface area contributed by atoms with Gasteiger partial charge in [-0.05, 0) is 54.6 Å². The molecule has 1 aromatic carbocycles. The molecule has 0 aliphatic heterocycles. The molecule has 0 unspecified atom stereocenters. The first-order valence-corrected chi connectivity index (χ1v) is 9.50. The van der Waals surface area contributed by atoms with Gasteiger partial charge in [-0.3, -0.25) is 19.9 Å². The molecule has 1 fully saturated rings. The summed E-state index contributed by atoms with van der Waals surface area (Å²) in [7, 11) is 1.70. The van der Waals surface area contributed by atoms with E-state index in [0.717, 1.165) is 40.3 Å². The van der Waals surface area contributed by atoms with Gasteiger partial charge in [0, 0.05) is 36.6 Å². The highest BCUT2D eigenvalue weighted by Crippen LogP contribution is 2.27. The highest BCUT2D eigenvalue weighted by Gasteiger charge is 2.30. The van der Waals surface area contributed by atoms with Crippen molar-refractivity contribution in [1.82, 2.24) is 25.5 Å². The second kappa shape index (κ2) is 7.14. The van der Waals surface area contributed by atoms with E-state index in [2.05, 4.69) is 30.8 Å². The fourth-order valence-corrected chi connectivity index (χ4v) is 3.64. The summed E-state index contributed by atoms with van der Waals surface area (Å²) in [4.78, 5) is 21.4. The van der Waals surface area contributed by atoms with Gasteiger partial charge in [-0.1, -0.05) is 0 Å². The number of fused-ring (bicyclic) bond motifs is 2. The number of hydrogen-bond donors (Lipinski definition) is 3. The van der Waals surface area contributed by atoms with Crippen LogP contribution >= 0.6 is 0 Å². The van der Waals surface area contributed by atoms with Crippen molar-refractivity contribution >= 4 is 39.2 Å². The number of ether oxygens (including phenoxy) is 1. The van der Waals surface area contributed by atoms with Crippen molar-refractivity contribution < 1.29 is 9.53 Å². The van der Waals surface area contributed by atoms with Gasteiger partial charge in [0.25, 0.3) is 5.91 Å². The second-order valence-corrected chi connectivity index (χ2v) is 7.19. The molecule has 8 heteroatoms. The van der Waals surface area contributed by atoms with Crippen LogP contribution in [0.1, 0.15) is 23.3 Å². The van der Waals surface area contributed by atoms with Gasteiger partial charge in [-0.25, -0.2) is 0 Å². The van der Waals surface area contributed by atoms with Crippen LogP contribution in [-0.2, 0) is 4.74 Å². The standard InChI is InChI=1S/C21H20N6O2/c1-29-15-10-14(11-15)25-21(28)18-16-5-4-13(9-12(16)6-8-23-18)24-20-19-17(26-27-20)3-2-7-22-19/h2-9,14-15H,10-11H2,1H3,(H,25,28)(H2,24,26,27). The third kappa shape index (κ3) is 3.27.